The Kier molecular flexibility index (Phi) is 13.5. The molecule has 7 aromatic rings. The number of rotatable bonds is 3. The van der Waals surface area contributed by atoms with Gasteiger partial charge >= 0.3 is 37.9 Å². The molecule has 0 fully saturated rings. The number of hydrogen-bond acceptors (Lipinski definition) is 0. The molecule has 0 spiro atoms. The molecule has 0 aliphatic rings. The van der Waals surface area contributed by atoms with Gasteiger partial charge in [-0.15, -0.1) is 68.6 Å². The molecule has 0 atom stereocenters. The van der Waals surface area contributed by atoms with Crippen LogP contribution in [0.1, 0.15) is 36.5 Å². The van der Waals surface area contributed by atoms with Crippen molar-refractivity contribution in [3.63, 3.8) is 0 Å². The predicted octanol–water partition coefficient (Wildman–Crippen LogP) is 13.5. The van der Waals surface area contributed by atoms with Gasteiger partial charge in [-0.05, 0) is 27.8 Å². The summed E-state index contributed by atoms with van der Waals surface area (Å²) in [7, 11) is 11.0. The molecule has 0 aliphatic carbocycles. The van der Waals surface area contributed by atoms with Gasteiger partial charge in [-0.3, -0.25) is 0 Å². The van der Waals surface area contributed by atoms with Crippen LogP contribution in [-0.4, -0.2) is 9.52 Å². The molecule has 0 N–H and O–H groups in total. The maximum absolute atomic E-state index is 4.93. The summed E-state index contributed by atoms with van der Waals surface area (Å²) < 4.78 is 0. The molecule has 2 radical (unpaired) electrons. The fourth-order valence-corrected chi connectivity index (χ4v) is 5.75. The van der Waals surface area contributed by atoms with Crippen LogP contribution < -0.4 is 0 Å². The summed E-state index contributed by atoms with van der Waals surface area (Å²) in [5, 5.41) is 8.08. The van der Waals surface area contributed by atoms with Crippen LogP contribution in [0.2, 0.25) is 13.1 Å². The first-order valence-corrected chi connectivity index (χ1v) is 23.6. The van der Waals surface area contributed by atoms with Crippen molar-refractivity contribution in [1.29, 1.82) is 0 Å². The van der Waals surface area contributed by atoms with Crippen LogP contribution in [-0.2, 0) is 20.8 Å². The number of benzene rings is 5. The van der Waals surface area contributed by atoms with Gasteiger partial charge < -0.3 is 0 Å². The molecule has 7 aromatic carbocycles. The van der Waals surface area contributed by atoms with E-state index in [9.17, 15) is 0 Å². The van der Waals surface area contributed by atoms with E-state index >= 15 is 0 Å². The van der Waals surface area contributed by atoms with E-state index in [0.717, 1.165) is 9.52 Å². The first-order chi connectivity index (χ1) is 21.8. The van der Waals surface area contributed by atoms with Gasteiger partial charge in [0.2, 0.25) is 0 Å². The van der Waals surface area contributed by atoms with Crippen LogP contribution in [0, 0.1) is 13.8 Å². The topological polar surface area (TPSA) is 0 Å². The van der Waals surface area contributed by atoms with Crippen molar-refractivity contribution >= 4 is 58.9 Å². The molecule has 0 heterocycles. The summed E-state index contributed by atoms with van der Waals surface area (Å²) >= 11 is -0.826. The van der Waals surface area contributed by atoms with Gasteiger partial charge in [0.1, 0.15) is 0 Å². The van der Waals surface area contributed by atoms with E-state index in [1.807, 2.05) is 0 Å². The second kappa shape index (κ2) is 17.3. The van der Waals surface area contributed by atoms with Gasteiger partial charge in [-0.1, -0.05) is 137 Å². The molecule has 0 saturated heterocycles. The minimum atomic E-state index is -0.826. The summed E-state index contributed by atoms with van der Waals surface area (Å²) in [6.07, 6.45) is 0. The molecule has 4 heteroatoms. The first-order valence-electron chi connectivity index (χ1n) is 15.3. The molecule has 226 valence electrons. The molecule has 0 aromatic heterocycles. The molecule has 45 heavy (non-hydrogen) atoms. The normalized spacial score (nSPS) is 10.4. The summed E-state index contributed by atoms with van der Waals surface area (Å²) in [4.78, 5) is 0. The van der Waals surface area contributed by atoms with Crippen LogP contribution in [0.25, 0.3) is 54.6 Å². The van der Waals surface area contributed by atoms with Crippen LogP contribution in [0.15, 0.2) is 127 Å². The van der Waals surface area contributed by atoms with Crippen LogP contribution in [0.5, 0.6) is 0 Å². The average molecular weight is 723 g/mol. The molecule has 7 rings (SSSR count). The van der Waals surface area contributed by atoms with Gasteiger partial charge in [-0.25, -0.2) is 0 Å². The van der Waals surface area contributed by atoms with Crippen molar-refractivity contribution in [2.24, 2.45) is 0 Å². The Morgan fingerprint density at radius 1 is 0.622 bits per heavy atom. The van der Waals surface area contributed by atoms with E-state index in [1.54, 1.807) is 0 Å². The monoisotopic (exact) mass is 720 g/mol. The summed E-state index contributed by atoms with van der Waals surface area (Å²) in [5.74, 6) is 0.563. The van der Waals surface area contributed by atoms with E-state index in [1.165, 1.54) is 71.3 Å². The van der Waals surface area contributed by atoms with E-state index in [2.05, 4.69) is 168 Å². The van der Waals surface area contributed by atoms with Gasteiger partial charge in [-0.2, -0.15) is 12.1 Å². The molecule has 0 bridgehead atoms. The second-order valence-electron chi connectivity index (χ2n) is 11.5. The number of hydrogen-bond donors (Lipinski definition) is 0. The Morgan fingerprint density at radius 2 is 1.22 bits per heavy atom. The average Bonchev–Trinajstić information content (AvgIpc) is 3.67. The van der Waals surface area contributed by atoms with E-state index < -0.39 is 20.8 Å². The van der Waals surface area contributed by atoms with Crippen LogP contribution >= 0.6 is 17.0 Å². The fourth-order valence-electron chi connectivity index (χ4n) is 5.75. The van der Waals surface area contributed by atoms with E-state index in [-0.39, 0.29) is 0 Å². The van der Waals surface area contributed by atoms with Gasteiger partial charge in [0.15, 0.2) is 0 Å². The zero-order chi connectivity index (χ0) is 32.3. The Morgan fingerprint density at radius 3 is 1.91 bits per heavy atom. The number of aryl methyl sites for hydroxylation is 2. The van der Waals surface area contributed by atoms with Crippen LogP contribution in [0.4, 0.5) is 0 Å². The first kappa shape index (κ1) is 35.1. The van der Waals surface area contributed by atoms with E-state index in [4.69, 9.17) is 17.0 Å². The summed E-state index contributed by atoms with van der Waals surface area (Å²) in [6.45, 7) is 13.2. The predicted molar refractivity (Wildman–Crippen MR) is 200 cm³/mol. The number of halogens is 2. The zero-order valence-corrected chi connectivity index (χ0v) is 31.9. The quantitative estimate of drug-likeness (QED) is 0.126. The fraction of sp³-hybridized carbons (Fsp3) is 0.171. The van der Waals surface area contributed by atoms with Crippen molar-refractivity contribution in [1.82, 2.24) is 0 Å². The molecule has 0 saturated carbocycles. The van der Waals surface area contributed by atoms with Gasteiger partial charge in [0, 0.05) is 9.52 Å². The molecule has 0 amide bonds. The summed E-state index contributed by atoms with van der Waals surface area (Å²) in [6, 6.07) is 46.1. The van der Waals surface area contributed by atoms with Gasteiger partial charge in [0.25, 0.3) is 0 Å². The third-order valence-electron chi connectivity index (χ3n) is 7.85. The Bertz CT molecular complexity index is 1940. The van der Waals surface area contributed by atoms with Gasteiger partial charge in [0.05, 0.1) is 0 Å². The SMILES string of the molecule is CC(C)c1cc2c(-c3cccc4ccccc34)cccc2[cH-]1.C[Si]C.Cc1cc2c(-c3ccccc3)ccc(C)c2[cH-]1.[Cl][Zr+2][Cl]. The zero-order valence-electron chi connectivity index (χ0n) is 27.0. The van der Waals surface area contributed by atoms with Crippen molar-refractivity contribution in [3.8, 4) is 22.3 Å². The Balaban J connectivity index is 0.000000179. The third-order valence-corrected chi connectivity index (χ3v) is 7.85. The molecular formula is C41H40Cl2SiZr. The molecule has 0 unspecified atom stereocenters. The van der Waals surface area contributed by atoms with Crippen molar-refractivity contribution in [2.75, 3.05) is 0 Å². The molecular weight excluding hydrogens is 683 g/mol. The standard InChI is InChI=1S/C22H19.C17H15.C2H6Si.2ClH.Zr/c1-15(2)18-13-17-9-6-12-21(22(17)14-18)20-11-5-8-16-7-3-4-10-19(16)20;1-12-10-16-13(2)8-9-15(17(16)11-12)14-6-4-3-5-7-14;1-3-2;;;/h3-15H,1-2H3;3-11H,1-2H3;1-2H3;2*1H;/q2*-1;;;;+4/p-2. The Hall–Kier alpha value is -2.74. The Labute approximate surface area is 290 Å². The van der Waals surface area contributed by atoms with Crippen molar-refractivity contribution < 1.29 is 20.8 Å². The van der Waals surface area contributed by atoms with Crippen LogP contribution in [0.3, 0.4) is 0 Å². The maximum atomic E-state index is 4.93. The number of fused-ring (bicyclic) bond motifs is 3. The second-order valence-corrected chi connectivity index (χ2v) is 16.2. The summed E-state index contributed by atoms with van der Waals surface area (Å²) in [5.41, 5.74) is 9.40. The van der Waals surface area contributed by atoms with Crippen molar-refractivity contribution in [3.05, 3.63) is 144 Å². The van der Waals surface area contributed by atoms with E-state index in [0.29, 0.717) is 5.92 Å². The minimum absolute atomic E-state index is 0.563. The van der Waals surface area contributed by atoms with Crippen molar-refractivity contribution in [2.45, 2.75) is 46.7 Å². The molecule has 0 nitrogen and oxygen atoms in total. The molecule has 0 aliphatic heterocycles. The third kappa shape index (κ3) is 8.75.